The number of aromatic nitrogens is 2. The summed E-state index contributed by atoms with van der Waals surface area (Å²) in [5.41, 5.74) is 2.78. The third-order valence-corrected chi connectivity index (χ3v) is 4.66. The second-order valence-corrected chi connectivity index (χ2v) is 5.97. The molecule has 1 aliphatic heterocycles. The van der Waals surface area contributed by atoms with Gasteiger partial charge in [0.25, 0.3) is 0 Å². The van der Waals surface area contributed by atoms with Crippen LogP contribution in [0.25, 0.3) is 0 Å². The molecule has 1 aromatic heterocycles. The van der Waals surface area contributed by atoms with Crippen LogP contribution in [0.4, 0.5) is 5.82 Å². The van der Waals surface area contributed by atoms with Crippen LogP contribution < -0.4 is 10.2 Å². The van der Waals surface area contributed by atoms with Crippen molar-refractivity contribution in [3.63, 3.8) is 0 Å². The zero-order chi connectivity index (χ0) is 15.9. The van der Waals surface area contributed by atoms with E-state index in [2.05, 4.69) is 40.3 Å². The first kappa shape index (κ1) is 16.7. The summed E-state index contributed by atoms with van der Waals surface area (Å²) in [5, 5.41) is 21.6. The fourth-order valence-corrected chi connectivity index (χ4v) is 3.28. The van der Waals surface area contributed by atoms with Crippen molar-refractivity contribution in [2.75, 3.05) is 31.6 Å². The zero-order valence-electron chi connectivity index (χ0n) is 14.0. The maximum absolute atomic E-state index is 9.60. The van der Waals surface area contributed by atoms with Crippen molar-refractivity contribution in [2.24, 2.45) is 5.92 Å². The van der Waals surface area contributed by atoms with Gasteiger partial charge in [-0.25, -0.2) is 0 Å². The third-order valence-electron chi connectivity index (χ3n) is 4.66. The van der Waals surface area contributed by atoms with E-state index in [0.29, 0.717) is 0 Å². The van der Waals surface area contributed by atoms with Crippen LogP contribution in [0.1, 0.15) is 49.9 Å². The van der Waals surface area contributed by atoms with E-state index >= 15 is 0 Å². The van der Waals surface area contributed by atoms with Crippen molar-refractivity contribution in [1.29, 1.82) is 5.26 Å². The first-order chi connectivity index (χ1) is 10.7. The molecular weight excluding hydrogens is 274 g/mol. The Morgan fingerprint density at radius 1 is 1.23 bits per heavy atom. The summed E-state index contributed by atoms with van der Waals surface area (Å²) in [6.45, 7) is 7.19. The summed E-state index contributed by atoms with van der Waals surface area (Å²) >= 11 is 0. The minimum absolute atomic E-state index is 0.739. The van der Waals surface area contributed by atoms with Crippen LogP contribution in [0.3, 0.4) is 0 Å². The second kappa shape index (κ2) is 8.09. The lowest BCUT2D eigenvalue weighted by Gasteiger charge is -2.33. The Morgan fingerprint density at radius 2 is 1.95 bits per heavy atom. The van der Waals surface area contributed by atoms with Gasteiger partial charge in [-0.3, -0.25) is 0 Å². The van der Waals surface area contributed by atoms with Crippen LogP contribution in [0.5, 0.6) is 0 Å². The monoisotopic (exact) mass is 301 g/mol. The van der Waals surface area contributed by atoms with Crippen molar-refractivity contribution in [3.05, 3.63) is 16.8 Å². The van der Waals surface area contributed by atoms with E-state index in [0.717, 1.165) is 61.0 Å². The molecule has 0 amide bonds. The molecule has 0 saturated carbocycles. The molecule has 0 radical (unpaired) electrons. The molecule has 0 aliphatic carbocycles. The second-order valence-electron chi connectivity index (χ2n) is 5.97. The van der Waals surface area contributed by atoms with Crippen molar-refractivity contribution in [1.82, 2.24) is 15.5 Å². The molecule has 1 aromatic rings. The predicted molar refractivity (Wildman–Crippen MR) is 89.0 cm³/mol. The number of nitrogens with one attached hydrogen (secondary N) is 1. The standard InChI is InChI=1S/C17H27N5/c1-4-14-15(12-18)17(21-20-16(14)5-2)22-10-7-13(8-11-22)6-9-19-3/h13,19H,4-11H2,1-3H3. The van der Waals surface area contributed by atoms with E-state index in [4.69, 9.17) is 0 Å². The molecule has 5 nitrogen and oxygen atoms in total. The van der Waals surface area contributed by atoms with Gasteiger partial charge < -0.3 is 10.2 Å². The fraction of sp³-hybridized carbons (Fsp3) is 0.706. The van der Waals surface area contributed by atoms with E-state index in [-0.39, 0.29) is 0 Å². The van der Waals surface area contributed by atoms with Crippen LogP contribution in [0.2, 0.25) is 0 Å². The maximum atomic E-state index is 9.60. The Morgan fingerprint density at radius 3 is 2.50 bits per heavy atom. The summed E-state index contributed by atoms with van der Waals surface area (Å²) in [5.74, 6) is 1.58. The Bertz CT molecular complexity index is 527. The summed E-state index contributed by atoms with van der Waals surface area (Å²) < 4.78 is 0. The summed E-state index contributed by atoms with van der Waals surface area (Å²) in [4.78, 5) is 2.25. The lowest BCUT2D eigenvalue weighted by molar-refractivity contribution is 0.376. The quantitative estimate of drug-likeness (QED) is 0.873. The number of piperidine rings is 1. The summed E-state index contributed by atoms with van der Waals surface area (Å²) in [6.07, 6.45) is 5.25. The van der Waals surface area contributed by atoms with Gasteiger partial charge in [0.1, 0.15) is 11.6 Å². The minimum Gasteiger partial charge on any atom is -0.354 e. The summed E-state index contributed by atoms with van der Waals surface area (Å²) in [7, 11) is 2.01. The Hall–Kier alpha value is -1.67. The van der Waals surface area contributed by atoms with Crippen LogP contribution in [-0.2, 0) is 12.8 Å². The van der Waals surface area contributed by atoms with Gasteiger partial charge in [-0.15, -0.1) is 5.10 Å². The van der Waals surface area contributed by atoms with Gasteiger partial charge in [0.05, 0.1) is 5.69 Å². The molecule has 5 heteroatoms. The van der Waals surface area contributed by atoms with Crippen molar-refractivity contribution in [3.8, 4) is 6.07 Å². The molecule has 1 aliphatic rings. The van der Waals surface area contributed by atoms with Crippen molar-refractivity contribution < 1.29 is 0 Å². The molecule has 120 valence electrons. The topological polar surface area (TPSA) is 64.8 Å². The van der Waals surface area contributed by atoms with Crippen LogP contribution in [0, 0.1) is 17.2 Å². The highest BCUT2D eigenvalue weighted by Crippen LogP contribution is 2.28. The number of anilines is 1. The third kappa shape index (κ3) is 3.56. The molecule has 2 heterocycles. The Kier molecular flexibility index (Phi) is 6.14. The number of hydrogen-bond acceptors (Lipinski definition) is 5. The molecule has 22 heavy (non-hydrogen) atoms. The summed E-state index contributed by atoms with van der Waals surface area (Å²) in [6, 6.07) is 2.38. The molecule has 0 spiro atoms. The van der Waals surface area contributed by atoms with E-state index in [1.807, 2.05) is 7.05 Å². The molecule has 0 unspecified atom stereocenters. The number of rotatable bonds is 6. The molecule has 0 atom stereocenters. The first-order valence-electron chi connectivity index (χ1n) is 8.43. The van der Waals surface area contributed by atoms with E-state index in [1.165, 1.54) is 19.3 Å². The minimum atomic E-state index is 0.739. The lowest BCUT2D eigenvalue weighted by atomic mass is 9.93. The van der Waals surface area contributed by atoms with E-state index < -0.39 is 0 Å². The molecule has 2 rings (SSSR count). The molecule has 1 saturated heterocycles. The van der Waals surface area contributed by atoms with Gasteiger partial charge in [0.2, 0.25) is 0 Å². The predicted octanol–water partition coefficient (Wildman–Crippen LogP) is 2.30. The highest BCUT2D eigenvalue weighted by molar-refractivity contribution is 5.58. The zero-order valence-corrected chi connectivity index (χ0v) is 14.0. The van der Waals surface area contributed by atoms with Crippen LogP contribution in [-0.4, -0.2) is 36.9 Å². The fourth-order valence-electron chi connectivity index (χ4n) is 3.28. The van der Waals surface area contributed by atoms with E-state index in [1.54, 1.807) is 0 Å². The van der Waals surface area contributed by atoms with Gasteiger partial charge in [-0.2, -0.15) is 10.4 Å². The first-order valence-corrected chi connectivity index (χ1v) is 8.43. The number of nitriles is 1. The molecular formula is C17H27N5. The highest BCUT2D eigenvalue weighted by atomic mass is 15.3. The lowest BCUT2D eigenvalue weighted by Crippen LogP contribution is -2.36. The van der Waals surface area contributed by atoms with Gasteiger partial charge in [0, 0.05) is 13.1 Å². The SMILES string of the molecule is CCc1nnc(N2CCC(CCNC)CC2)c(C#N)c1CC. The van der Waals surface area contributed by atoms with Crippen LogP contribution in [0.15, 0.2) is 0 Å². The van der Waals surface area contributed by atoms with Gasteiger partial charge in [-0.05, 0) is 57.2 Å². The number of aryl methyl sites for hydroxylation is 1. The highest BCUT2D eigenvalue weighted by Gasteiger charge is 2.24. The van der Waals surface area contributed by atoms with Gasteiger partial charge in [-0.1, -0.05) is 13.8 Å². The Labute approximate surface area is 133 Å². The van der Waals surface area contributed by atoms with E-state index in [9.17, 15) is 5.26 Å². The normalized spacial score (nSPS) is 15.8. The number of hydrogen-bond donors (Lipinski definition) is 1. The van der Waals surface area contributed by atoms with Gasteiger partial charge >= 0.3 is 0 Å². The number of nitrogens with zero attached hydrogens (tertiary/aromatic N) is 4. The average Bonchev–Trinajstić information content (AvgIpc) is 2.58. The average molecular weight is 301 g/mol. The smallest absolute Gasteiger partial charge is 0.169 e. The molecule has 1 N–H and O–H groups in total. The van der Waals surface area contributed by atoms with Gasteiger partial charge in [0.15, 0.2) is 5.82 Å². The van der Waals surface area contributed by atoms with Crippen molar-refractivity contribution >= 4 is 5.82 Å². The van der Waals surface area contributed by atoms with Crippen LogP contribution >= 0.6 is 0 Å². The molecule has 0 bridgehead atoms. The van der Waals surface area contributed by atoms with Crippen molar-refractivity contribution in [2.45, 2.75) is 46.0 Å². The molecule has 0 aromatic carbocycles. The largest absolute Gasteiger partial charge is 0.354 e. The maximum Gasteiger partial charge on any atom is 0.169 e. The Balaban J connectivity index is 2.15. The molecule has 1 fully saturated rings.